The Morgan fingerprint density at radius 2 is 1.73 bits per heavy atom. The molecule has 0 bridgehead atoms. The van der Waals surface area contributed by atoms with E-state index in [1.165, 1.54) is 12.1 Å². The maximum absolute atomic E-state index is 13.0. The lowest BCUT2D eigenvalue weighted by Gasteiger charge is -2.33. The highest BCUT2D eigenvalue weighted by atomic mass is 32.2. The Balaban J connectivity index is 1.05. The number of carbonyl (C=O) groups is 1. The van der Waals surface area contributed by atoms with Crippen LogP contribution in [0.2, 0.25) is 0 Å². The zero-order valence-electron chi connectivity index (χ0n) is 24.4. The molecule has 2 aromatic rings. The molecule has 0 N–H and O–H groups in total. The Labute approximate surface area is 244 Å². The van der Waals surface area contributed by atoms with Crippen molar-refractivity contribution in [2.24, 2.45) is 13.0 Å². The fraction of sp³-hybridized carbons (Fsp3) is 0.690. The van der Waals surface area contributed by atoms with Crippen molar-refractivity contribution >= 4 is 23.5 Å². The Hall–Kier alpha value is -2.47. The van der Waals surface area contributed by atoms with Crippen molar-refractivity contribution in [1.82, 2.24) is 24.6 Å². The molecule has 3 saturated heterocycles. The van der Waals surface area contributed by atoms with E-state index in [2.05, 4.69) is 24.6 Å². The molecule has 1 amide bonds. The molecule has 3 fully saturated rings. The predicted molar refractivity (Wildman–Crippen MR) is 153 cm³/mol. The molecule has 226 valence electrons. The quantitative estimate of drug-likeness (QED) is 0.304. The van der Waals surface area contributed by atoms with Crippen LogP contribution in [0.4, 0.5) is 23.7 Å². The summed E-state index contributed by atoms with van der Waals surface area (Å²) in [5.74, 6) is 2.76. The summed E-state index contributed by atoms with van der Waals surface area (Å²) in [7, 11) is 2.02. The number of piperidine rings is 1. The number of anilines is 1. The normalized spacial score (nSPS) is 22.4. The number of hydrogen-bond acceptors (Lipinski definition) is 7. The van der Waals surface area contributed by atoms with Gasteiger partial charge in [0.1, 0.15) is 11.4 Å². The van der Waals surface area contributed by atoms with Crippen LogP contribution >= 0.6 is 11.8 Å². The summed E-state index contributed by atoms with van der Waals surface area (Å²) in [6.45, 7) is 10.8. The molecule has 1 aromatic carbocycles. The number of fused-ring (bicyclic) bond motifs is 1. The molecule has 0 saturated carbocycles. The van der Waals surface area contributed by atoms with Crippen molar-refractivity contribution in [2.75, 3.05) is 49.9 Å². The minimum absolute atomic E-state index is 0.251. The summed E-state index contributed by atoms with van der Waals surface area (Å²) in [4.78, 5) is 18.9. The second kappa shape index (κ2) is 12.0. The molecule has 8 nitrogen and oxygen atoms in total. The number of hydrogen-bond donors (Lipinski definition) is 0. The van der Waals surface area contributed by atoms with Crippen LogP contribution < -0.4 is 4.90 Å². The highest BCUT2D eigenvalue weighted by Crippen LogP contribution is 2.37. The van der Waals surface area contributed by atoms with E-state index in [-0.39, 0.29) is 12.0 Å². The van der Waals surface area contributed by atoms with Gasteiger partial charge in [-0.25, -0.2) is 4.79 Å². The molecule has 5 rings (SSSR count). The van der Waals surface area contributed by atoms with Gasteiger partial charge < -0.3 is 24.0 Å². The highest BCUT2D eigenvalue weighted by molar-refractivity contribution is 7.99. The number of carbonyl (C=O) groups excluding carboxylic acids is 1. The summed E-state index contributed by atoms with van der Waals surface area (Å²) < 4.78 is 46.5. The summed E-state index contributed by atoms with van der Waals surface area (Å²) in [5.41, 5.74) is -0.203. The molecule has 0 radical (unpaired) electrons. The largest absolute Gasteiger partial charge is 0.444 e. The van der Waals surface area contributed by atoms with E-state index in [1.807, 2.05) is 27.8 Å². The average molecular weight is 595 g/mol. The second-order valence-corrected chi connectivity index (χ2v) is 13.5. The average Bonchev–Trinajstić information content (AvgIpc) is 3.60. The molecule has 2 unspecified atom stereocenters. The van der Waals surface area contributed by atoms with Crippen molar-refractivity contribution in [3.8, 4) is 0 Å². The molecule has 3 aliphatic rings. The lowest BCUT2D eigenvalue weighted by atomic mass is 9.96. The van der Waals surface area contributed by atoms with Crippen LogP contribution in [0.15, 0.2) is 29.4 Å². The first-order valence-corrected chi connectivity index (χ1v) is 15.5. The lowest BCUT2D eigenvalue weighted by molar-refractivity contribution is -0.137. The van der Waals surface area contributed by atoms with Crippen molar-refractivity contribution in [3.63, 3.8) is 0 Å². The summed E-state index contributed by atoms with van der Waals surface area (Å²) in [6.07, 6.45) is -0.759. The van der Waals surface area contributed by atoms with Gasteiger partial charge in [0, 0.05) is 63.2 Å². The minimum atomic E-state index is -4.30. The molecule has 12 heteroatoms. The van der Waals surface area contributed by atoms with Gasteiger partial charge in [-0.3, -0.25) is 0 Å². The number of nitrogens with zero attached hydrogens (tertiary/aromatic N) is 6. The minimum Gasteiger partial charge on any atom is -0.444 e. The van der Waals surface area contributed by atoms with Crippen molar-refractivity contribution in [3.05, 3.63) is 35.7 Å². The molecular formula is C29H41F3N6O2S. The van der Waals surface area contributed by atoms with Crippen LogP contribution in [0.3, 0.4) is 0 Å². The fourth-order valence-electron chi connectivity index (χ4n) is 6.30. The number of thioether (sulfide) groups is 1. The number of alkyl halides is 3. The number of aromatic nitrogens is 3. The predicted octanol–water partition coefficient (Wildman–Crippen LogP) is 5.64. The Kier molecular flexibility index (Phi) is 8.80. The zero-order valence-corrected chi connectivity index (χ0v) is 25.2. The van der Waals surface area contributed by atoms with Crippen molar-refractivity contribution in [2.45, 2.75) is 75.3 Å². The van der Waals surface area contributed by atoms with Gasteiger partial charge >= 0.3 is 12.3 Å². The molecule has 2 atom stereocenters. The van der Waals surface area contributed by atoms with Gasteiger partial charge in [0.15, 0.2) is 5.16 Å². The summed E-state index contributed by atoms with van der Waals surface area (Å²) in [6, 6.07) is 5.98. The summed E-state index contributed by atoms with van der Waals surface area (Å²) >= 11 is 1.72. The van der Waals surface area contributed by atoms with Crippen LogP contribution in [0.1, 0.15) is 63.8 Å². The smallest absolute Gasteiger partial charge is 0.416 e. The first kappa shape index (κ1) is 30.0. The third kappa shape index (κ3) is 7.13. The Morgan fingerprint density at radius 1 is 1.02 bits per heavy atom. The van der Waals surface area contributed by atoms with Crippen LogP contribution in [-0.2, 0) is 18.0 Å². The highest BCUT2D eigenvalue weighted by Gasteiger charge is 2.41. The number of rotatable bonds is 7. The Bertz CT molecular complexity index is 1190. The maximum Gasteiger partial charge on any atom is 0.416 e. The van der Waals surface area contributed by atoms with E-state index in [0.717, 1.165) is 74.3 Å². The molecule has 3 aliphatic heterocycles. The Morgan fingerprint density at radius 3 is 2.39 bits per heavy atom. The summed E-state index contributed by atoms with van der Waals surface area (Å²) in [5, 5.41) is 9.87. The maximum atomic E-state index is 13.0. The topological polar surface area (TPSA) is 66.7 Å². The van der Waals surface area contributed by atoms with Crippen LogP contribution in [0.25, 0.3) is 0 Å². The molecule has 1 aromatic heterocycles. The lowest BCUT2D eigenvalue weighted by Crippen LogP contribution is -2.41. The van der Waals surface area contributed by atoms with E-state index < -0.39 is 17.3 Å². The number of ether oxygens (including phenoxy) is 1. The van der Waals surface area contributed by atoms with Gasteiger partial charge in [-0.2, -0.15) is 13.2 Å². The molecule has 0 aliphatic carbocycles. The molecule has 41 heavy (non-hydrogen) atoms. The molecular weight excluding hydrogens is 553 g/mol. The number of halogens is 3. The van der Waals surface area contributed by atoms with E-state index in [1.54, 1.807) is 28.8 Å². The first-order valence-electron chi connectivity index (χ1n) is 14.6. The van der Waals surface area contributed by atoms with Gasteiger partial charge in [-0.1, -0.05) is 11.8 Å². The number of amides is 1. The van der Waals surface area contributed by atoms with E-state index in [0.29, 0.717) is 25.0 Å². The van der Waals surface area contributed by atoms with Gasteiger partial charge in [0.25, 0.3) is 0 Å². The molecule has 4 heterocycles. The number of benzene rings is 1. The third-order valence-electron chi connectivity index (χ3n) is 8.38. The van der Waals surface area contributed by atoms with Crippen LogP contribution in [-0.4, -0.2) is 87.3 Å². The van der Waals surface area contributed by atoms with E-state index >= 15 is 0 Å². The van der Waals surface area contributed by atoms with Crippen molar-refractivity contribution in [1.29, 1.82) is 0 Å². The van der Waals surface area contributed by atoms with Gasteiger partial charge in [0.2, 0.25) is 0 Å². The third-order valence-corrected chi connectivity index (χ3v) is 9.49. The van der Waals surface area contributed by atoms with E-state index in [4.69, 9.17) is 4.74 Å². The van der Waals surface area contributed by atoms with Gasteiger partial charge in [-0.05, 0) is 83.2 Å². The standard InChI is InChI=1S/C29H41F3N6O2S/c1-28(2,3)40-27(39)37-14-10-20(11-15-37)25-33-34-26(35(25)4)41-17-5-13-36-18-21-12-16-38(24(21)19-36)23-8-6-22(7-9-23)29(30,31)32/h6-9,20-21,24H,5,10-19H2,1-4H3. The SMILES string of the molecule is Cn1c(SCCCN2CC3CCN(c4ccc(C(F)(F)F)cc4)C3C2)nnc1C1CCN(C(=O)OC(C)(C)C)CC1. The second-order valence-electron chi connectivity index (χ2n) is 12.5. The fourth-order valence-corrected chi connectivity index (χ4v) is 7.14. The van der Waals surface area contributed by atoms with Gasteiger partial charge in [-0.15, -0.1) is 10.2 Å². The van der Waals surface area contributed by atoms with Crippen molar-refractivity contribution < 1.29 is 22.7 Å². The van der Waals surface area contributed by atoms with Crippen LogP contribution in [0.5, 0.6) is 0 Å². The monoisotopic (exact) mass is 594 g/mol. The van der Waals surface area contributed by atoms with Gasteiger partial charge in [0.05, 0.1) is 5.56 Å². The van der Waals surface area contributed by atoms with E-state index in [9.17, 15) is 18.0 Å². The van der Waals surface area contributed by atoms with Crippen LogP contribution in [0, 0.1) is 5.92 Å². The zero-order chi connectivity index (χ0) is 29.4. The first-order chi connectivity index (χ1) is 19.4. The number of likely N-dealkylation sites (tertiary alicyclic amines) is 2. The molecule has 0 spiro atoms.